The zero-order chi connectivity index (χ0) is 13.5. The zero-order valence-corrected chi connectivity index (χ0v) is 12.5. The number of benzene rings is 1. The van der Waals surface area contributed by atoms with E-state index in [0.29, 0.717) is 5.17 Å². The Hall–Kier alpha value is -1.00. The van der Waals surface area contributed by atoms with Crippen LogP contribution >= 0.6 is 23.4 Å². The zero-order valence-electron chi connectivity index (χ0n) is 10.9. The van der Waals surface area contributed by atoms with Crippen LogP contribution in [0.3, 0.4) is 0 Å². The van der Waals surface area contributed by atoms with Gasteiger partial charge in [0.15, 0.2) is 5.17 Å². The Morgan fingerprint density at radius 2 is 2.00 bits per heavy atom. The van der Waals surface area contributed by atoms with Gasteiger partial charge in [0.25, 0.3) is 0 Å². The first-order valence-corrected chi connectivity index (χ1v) is 7.38. The smallest absolute Gasteiger partial charge is 0.176 e. The Kier molecular flexibility index (Phi) is 6.22. The lowest BCUT2D eigenvalue weighted by Crippen LogP contribution is -2.19. The van der Waals surface area contributed by atoms with E-state index in [1.165, 1.54) is 11.8 Å². The van der Waals surface area contributed by atoms with Gasteiger partial charge in [-0.2, -0.15) is 5.10 Å². The first kappa shape index (κ1) is 15.1. The molecule has 0 aliphatic heterocycles. The maximum absolute atomic E-state index is 7.73. The van der Waals surface area contributed by atoms with Crippen molar-refractivity contribution in [2.24, 2.45) is 5.10 Å². The van der Waals surface area contributed by atoms with Gasteiger partial charge in [-0.1, -0.05) is 48.8 Å². The van der Waals surface area contributed by atoms with Crippen LogP contribution in [0, 0.1) is 5.41 Å². The molecule has 0 unspecified atom stereocenters. The quantitative estimate of drug-likeness (QED) is 0.514. The van der Waals surface area contributed by atoms with Crippen molar-refractivity contribution in [2.75, 3.05) is 13.3 Å². The summed E-state index contributed by atoms with van der Waals surface area (Å²) in [6.07, 6.45) is 3.77. The van der Waals surface area contributed by atoms with Crippen LogP contribution in [-0.4, -0.2) is 29.2 Å². The lowest BCUT2D eigenvalue weighted by Gasteiger charge is -2.15. The highest BCUT2D eigenvalue weighted by Gasteiger charge is 2.07. The number of hydrazone groups is 1. The van der Waals surface area contributed by atoms with Crippen LogP contribution in [0.4, 0.5) is 0 Å². The number of nitrogens with zero attached hydrogens (tertiary/aromatic N) is 2. The summed E-state index contributed by atoms with van der Waals surface area (Å²) >= 11 is 7.26. The monoisotopic (exact) mass is 283 g/mol. The van der Waals surface area contributed by atoms with E-state index in [-0.39, 0.29) is 0 Å². The van der Waals surface area contributed by atoms with Crippen molar-refractivity contribution >= 4 is 34.2 Å². The lowest BCUT2D eigenvalue weighted by molar-refractivity contribution is 0.550. The van der Waals surface area contributed by atoms with Gasteiger partial charge < -0.3 is 0 Å². The molecule has 0 aliphatic carbocycles. The minimum Gasteiger partial charge on any atom is -0.277 e. The molecule has 0 aromatic heterocycles. The molecule has 98 valence electrons. The summed E-state index contributed by atoms with van der Waals surface area (Å²) in [7, 11) is 1.80. The van der Waals surface area contributed by atoms with Gasteiger partial charge in [-0.15, -0.1) is 0 Å². The Balaban J connectivity index is 2.98. The third-order valence-electron chi connectivity index (χ3n) is 2.42. The van der Waals surface area contributed by atoms with Crippen LogP contribution in [0.15, 0.2) is 29.4 Å². The van der Waals surface area contributed by atoms with Crippen LogP contribution in [0.25, 0.3) is 0 Å². The third kappa shape index (κ3) is 4.35. The van der Waals surface area contributed by atoms with Gasteiger partial charge in [-0.05, 0) is 30.4 Å². The van der Waals surface area contributed by atoms with Gasteiger partial charge in [0.05, 0.1) is 5.71 Å². The van der Waals surface area contributed by atoms with Crippen LogP contribution in [0.5, 0.6) is 0 Å². The van der Waals surface area contributed by atoms with Crippen molar-refractivity contribution < 1.29 is 0 Å². The SMILES string of the molecule is CCC/C(=N\N(C)C(=N)SC)c1ccc(Cl)cc1. The molecule has 3 nitrogen and oxygen atoms in total. The van der Waals surface area contributed by atoms with Crippen LogP contribution in [0.1, 0.15) is 25.3 Å². The van der Waals surface area contributed by atoms with Gasteiger partial charge in [0.1, 0.15) is 0 Å². The number of thioether (sulfide) groups is 1. The summed E-state index contributed by atoms with van der Waals surface area (Å²) in [5.74, 6) is 0. The van der Waals surface area contributed by atoms with E-state index in [2.05, 4.69) is 12.0 Å². The van der Waals surface area contributed by atoms with Gasteiger partial charge in [0.2, 0.25) is 0 Å². The maximum atomic E-state index is 7.73. The van der Waals surface area contributed by atoms with E-state index in [1.807, 2.05) is 30.5 Å². The molecular weight excluding hydrogens is 266 g/mol. The van der Waals surface area contributed by atoms with E-state index in [0.717, 1.165) is 29.1 Å². The summed E-state index contributed by atoms with van der Waals surface area (Å²) in [6.45, 7) is 2.12. The van der Waals surface area contributed by atoms with Crippen molar-refractivity contribution in [3.05, 3.63) is 34.9 Å². The summed E-state index contributed by atoms with van der Waals surface area (Å²) in [5, 5.41) is 15.0. The third-order valence-corrected chi connectivity index (χ3v) is 3.33. The van der Waals surface area contributed by atoms with Crippen LogP contribution < -0.4 is 0 Å². The molecule has 1 aromatic rings. The van der Waals surface area contributed by atoms with Gasteiger partial charge in [-0.3, -0.25) is 5.41 Å². The minimum absolute atomic E-state index is 0.428. The van der Waals surface area contributed by atoms with E-state index >= 15 is 0 Å². The molecule has 0 radical (unpaired) electrons. The minimum atomic E-state index is 0.428. The second-order valence-corrected chi connectivity index (χ2v) is 5.07. The summed E-state index contributed by atoms with van der Waals surface area (Å²) in [6, 6.07) is 7.66. The first-order valence-electron chi connectivity index (χ1n) is 5.78. The topological polar surface area (TPSA) is 39.5 Å². The fourth-order valence-electron chi connectivity index (χ4n) is 1.49. The van der Waals surface area contributed by atoms with Crippen molar-refractivity contribution in [1.29, 1.82) is 5.41 Å². The highest BCUT2D eigenvalue weighted by molar-refractivity contribution is 8.13. The molecular formula is C13H18ClN3S. The standard InChI is InChI=1S/C13H18ClN3S/c1-4-5-12(16-17(2)13(15)18-3)10-6-8-11(14)9-7-10/h6-9,15H,4-5H2,1-3H3/b15-13?,16-12+. The molecule has 1 rings (SSSR count). The fourth-order valence-corrected chi connectivity index (χ4v) is 1.92. The Bertz CT molecular complexity index is 428. The predicted molar refractivity (Wildman–Crippen MR) is 81.9 cm³/mol. The fraction of sp³-hybridized carbons (Fsp3) is 0.385. The molecule has 0 amide bonds. The average Bonchev–Trinajstić information content (AvgIpc) is 2.38. The number of halogens is 1. The Labute approximate surface area is 118 Å². The first-order chi connectivity index (χ1) is 8.58. The lowest BCUT2D eigenvalue weighted by atomic mass is 10.1. The van der Waals surface area contributed by atoms with Crippen molar-refractivity contribution in [3.8, 4) is 0 Å². The molecule has 0 fully saturated rings. The number of hydrogen-bond acceptors (Lipinski definition) is 3. The molecule has 0 spiro atoms. The molecule has 0 bridgehead atoms. The Morgan fingerprint density at radius 1 is 1.39 bits per heavy atom. The van der Waals surface area contributed by atoms with Crippen molar-refractivity contribution in [2.45, 2.75) is 19.8 Å². The van der Waals surface area contributed by atoms with E-state index < -0.39 is 0 Å². The average molecular weight is 284 g/mol. The second-order valence-electron chi connectivity index (χ2n) is 3.84. The van der Waals surface area contributed by atoms with Crippen LogP contribution in [0.2, 0.25) is 5.02 Å². The summed E-state index contributed by atoms with van der Waals surface area (Å²) < 4.78 is 0. The molecule has 1 N–H and O–H groups in total. The molecule has 5 heteroatoms. The molecule has 0 atom stereocenters. The maximum Gasteiger partial charge on any atom is 0.176 e. The van der Waals surface area contributed by atoms with Crippen molar-refractivity contribution in [3.63, 3.8) is 0 Å². The van der Waals surface area contributed by atoms with E-state index in [1.54, 1.807) is 12.1 Å². The molecule has 0 saturated heterocycles. The Morgan fingerprint density at radius 3 is 2.50 bits per heavy atom. The van der Waals surface area contributed by atoms with Crippen LogP contribution in [-0.2, 0) is 0 Å². The number of rotatable bonds is 4. The predicted octanol–water partition coefficient (Wildman–Crippen LogP) is 4.07. The van der Waals surface area contributed by atoms with Gasteiger partial charge in [0, 0.05) is 12.1 Å². The highest BCUT2D eigenvalue weighted by atomic mass is 35.5. The largest absolute Gasteiger partial charge is 0.277 e. The number of hydrogen-bond donors (Lipinski definition) is 1. The van der Waals surface area contributed by atoms with Gasteiger partial charge >= 0.3 is 0 Å². The molecule has 18 heavy (non-hydrogen) atoms. The number of amidine groups is 1. The summed E-state index contributed by atoms with van der Waals surface area (Å²) in [4.78, 5) is 0. The van der Waals surface area contributed by atoms with Gasteiger partial charge in [-0.25, -0.2) is 5.01 Å². The van der Waals surface area contributed by atoms with Crippen molar-refractivity contribution in [1.82, 2.24) is 5.01 Å². The summed E-state index contributed by atoms with van der Waals surface area (Å²) in [5.41, 5.74) is 2.04. The van der Waals surface area contributed by atoms with E-state index in [4.69, 9.17) is 17.0 Å². The molecule has 0 aliphatic rings. The normalized spacial score (nSPS) is 11.4. The molecule has 1 aromatic carbocycles. The molecule has 0 saturated carbocycles. The molecule has 0 heterocycles. The highest BCUT2D eigenvalue weighted by Crippen LogP contribution is 2.14. The second kappa shape index (κ2) is 7.44. The van der Waals surface area contributed by atoms with E-state index in [9.17, 15) is 0 Å². The number of nitrogens with one attached hydrogen (secondary N) is 1.